The Morgan fingerprint density at radius 1 is 1.32 bits per heavy atom. The molecule has 0 aromatic heterocycles. The highest BCUT2D eigenvalue weighted by Crippen LogP contribution is 2.34. The highest BCUT2D eigenvalue weighted by atomic mass is 16.5. The van der Waals surface area contributed by atoms with Gasteiger partial charge >= 0.3 is 0 Å². The first-order chi connectivity index (χ1) is 10.6. The molecule has 3 rings (SSSR count). The molecule has 0 bridgehead atoms. The summed E-state index contributed by atoms with van der Waals surface area (Å²) in [5, 5.41) is 0. The predicted molar refractivity (Wildman–Crippen MR) is 86.6 cm³/mol. The van der Waals surface area contributed by atoms with Gasteiger partial charge in [0.2, 0.25) is 5.91 Å². The van der Waals surface area contributed by atoms with E-state index in [1.54, 1.807) is 0 Å². The summed E-state index contributed by atoms with van der Waals surface area (Å²) in [5.41, 5.74) is 8.71. The lowest BCUT2D eigenvalue weighted by molar-refractivity contribution is -0.130. The molecule has 0 saturated carbocycles. The molecule has 2 fully saturated rings. The molecule has 2 saturated heterocycles. The van der Waals surface area contributed by atoms with Crippen LogP contribution in [0.4, 0.5) is 0 Å². The number of carbonyl (C=O) groups is 1. The molecule has 2 N–H and O–H groups in total. The minimum absolute atomic E-state index is 0.0158. The zero-order valence-corrected chi connectivity index (χ0v) is 13.5. The highest BCUT2D eigenvalue weighted by Gasteiger charge is 2.40. The van der Waals surface area contributed by atoms with Gasteiger partial charge in [0.05, 0.1) is 12.1 Å². The summed E-state index contributed by atoms with van der Waals surface area (Å²) in [6.45, 7) is 5.85. The van der Waals surface area contributed by atoms with Crippen molar-refractivity contribution >= 4 is 5.91 Å². The van der Waals surface area contributed by atoms with Gasteiger partial charge in [-0.05, 0) is 29.9 Å². The lowest BCUT2D eigenvalue weighted by atomic mass is 9.96. The van der Waals surface area contributed by atoms with Gasteiger partial charge < -0.3 is 15.4 Å². The zero-order chi connectivity index (χ0) is 15.7. The first-order valence-corrected chi connectivity index (χ1v) is 8.32. The first kappa shape index (κ1) is 15.5. The Hall–Kier alpha value is -1.39. The maximum absolute atomic E-state index is 12.3. The van der Waals surface area contributed by atoms with Crippen LogP contribution in [0.3, 0.4) is 0 Å². The molecule has 2 aliphatic heterocycles. The maximum Gasteiger partial charge on any atom is 0.224 e. The number of likely N-dealkylation sites (tertiary alicyclic amines) is 1. The molecule has 22 heavy (non-hydrogen) atoms. The summed E-state index contributed by atoms with van der Waals surface area (Å²) in [6.07, 6.45) is 2.74. The van der Waals surface area contributed by atoms with Crippen molar-refractivity contribution in [1.29, 1.82) is 0 Å². The fourth-order valence-electron chi connectivity index (χ4n) is 3.55. The molecule has 2 aliphatic rings. The van der Waals surface area contributed by atoms with Gasteiger partial charge in [-0.2, -0.15) is 0 Å². The molecule has 3 unspecified atom stereocenters. The van der Waals surface area contributed by atoms with Crippen molar-refractivity contribution in [3.63, 3.8) is 0 Å². The van der Waals surface area contributed by atoms with Crippen LogP contribution in [-0.2, 0) is 9.53 Å². The quantitative estimate of drug-likeness (QED) is 0.930. The van der Waals surface area contributed by atoms with E-state index in [4.69, 9.17) is 10.5 Å². The molecule has 0 spiro atoms. The van der Waals surface area contributed by atoms with Gasteiger partial charge in [-0.25, -0.2) is 0 Å². The van der Waals surface area contributed by atoms with Crippen LogP contribution in [0, 0.1) is 0 Å². The van der Waals surface area contributed by atoms with Crippen molar-refractivity contribution < 1.29 is 9.53 Å². The molecule has 1 amide bonds. The van der Waals surface area contributed by atoms with Crippen LogP contribution in [0.25, 0.3) is 0 Å². The predicted octanol–water partition coefficient (Wildman–Crippen LogP) is 2.59. The fraction of sp³-hybridized carbons (Fsp3) is 0.611. The van der Waals surface area contributed by atoms with Crippen LogP contribution in [0.15, 0.2) is 24.3 Å². The number of nitrogens with two attached hydrogens (primary N) is 1. The second-order valence-corrected chi connectivity index (χ2v) is 6.82. The molecule has 4 nitrogen and oxygen atoms in total. The van der Waals surface area contributed by atoms with Crippen molar-refractivity contribution in [3.05, 3.63) is 35.4 Å². The number of hydrogen-bond donors (Lipinski definition) is 1. The third-order valence-electron chi connectivity index (χ3n) is 4.84. The third kappa shape index (κ3) is 3.03. The highest BCUT2D eigenvalue weighted by molar-refractivity contribution is 5.80. The van der Waals surface area contributed by atoms with E-state index in [2.05, 4.69) is 38.1 Å². The lowest BCUT2D eigenvalue weighted by Gasteiger charge is -2.29. The smallest absolute Gasteiger partial charge is 0.224 e. The molecule has 0 aliphatic carbocycles. The standard InChI is InChI=1S/C18H26N2O2/c1-12(2)13-5-7-14(8-6-13)18-16(19)10-17(21)20(18)11-15-4-3-9-22-15/h5-8,12,15-16,18H,3-4,9-11,19H2,1-2H3. The van der Waals surface area contributed by atoms with Crippen LogP contribution in [0.5, 0.6) is 0 Å². The summed E-state index contributed by atoms with van der Waals surface area (Å²) in [7, 11) is 0. The Kier molecular flexibility index (Phi) is 4.50. The average molecular weight is 302 g/mol. The number of nitrogens with zero attached hydrogens (tertiary/aromatic N) is 1. The molecular formula is C18H26N2O2. The van der Waals surface area contributed by atoms with Crippen LogP contribution in [-0.4, -0.2) is 36.1 Å². The van der Waals surface area contributed by atoms with Gasteiger partial charge in [-0.3, -0.25) is 4.79 Å². The van der Waals surface area contributed by atoms with Gasteiger partial charge in [-0.1, -0.05) is 38.1 Å². The number of ether oxygens (including phenoxy) is 1. The molecule has 0 radical (unpaired) electrons. The summed E-state index contributed by atoms with van der Waals surface area (Å²) >= 11 is 0. The number of rotatable bonds is 4. The van der Waals surface area contributed by atoms with Crippen LogP contribution >= 0.6 is 0 Å². The molecule has 2 heterocycles. The minimum atomic E-state index is -0.126. The normalized spacial score (nSPS) is 28.8. The van der Waals surface area contributed by atoms with Crippen LogP contribution in [0.2, 0.25) is 0 Å². The first-order valence-electron chi connectivity index (χ1n) is 8.32. The number of benzene rings is 1. The maximum atomic E-state index is 12.3. The Morgan fingerprint density at radius 2 is 2.05 bits per heavy atom. The van der Waals surface area contributed by atoms with E-state index in [0.717, 1.165) is 25.0 Å². The Bertz CT molecular complexity index is 520. The van der Waals surface area contributed by atoms with Crippen molar-refractivity contribution in [2.24, 2.45) is 5.73 Å². The number of hydrogen-bond acceptors (Lipinski definition) is 3. The molecule has 1 aromatic carbocycles. The van der Waals surface area contributed by atoms with Crippen LogP contribution < -0.4 is 5.73 Å². The summed E-state index contributed by atoms with van der Waals surface area (Å²) < 4.78 is 5.70. The number of amides is 1. The fourth-order valence-corrected chi connectivity index (χ4v) is 3.55. The molecular weight excluding hydrogens is 276 g/mol. The van der Waals surface area contributed by atoms with E-state index in [1.165, 1.54) is 5.56 Å². The van der Waals surface area contributed by atoms with E-state index in [-0.39, 0.29) is 24.1 Å². The van der Waals surface area contributed by atoms with Gasteiger partial charge in [0.15, 0.2) is 0 Å². The number of carbonyl (C=O) groups excluding carboxylic acids is 1. The van der Waals surface area contributed by atoms with Gasteiger partial charge in [0, 0.05) is 25.6 Å². The molecule has 120 valence electrons. The monoisotopic (exact) mass is 302 g/mol. The lowest BCUT2D eigenvalue weighted by Crippen LogP contribution is -2.38. The van der Waals surface area contributed by atoms with Gasteiger partial charge in [0.25, 0.3) is 0 Å². The van der Waals surface area contributed by atoms with E-state index in [1.807, 2.05) is 4.90 Å². The average Bonchev–Trinajstić information content (AvgIpc) is 3.08. The third-order valence-corrected chi connectivity index (χ3v) is 4.84. The Labute approximate surface area is 132 Å². The molecule has 1 aromatic rings. The minimum Gasteiger partial charge on any atom is -0.376 e. The van der Waals surface area contributed by atoms with Crippen LogP contribution in [0.1, 0.15) is 56.2 Å². The van der Waals surface area contributed by atoms with E-state index in [0.29, 0.717) is 18.9 Å². The zero-order valence-electron chi connectivity index (χ0n) is 13.5. The largest absolute Gasteiger partial charge is 0.376 e. The van der Waals surface area contributed by atoms with Crippen molar-refractivity contribution in [2.75, 3.05) is 13.2 Å². The summed E-state index contributed by atoms with van der Waals surface area (Å²) in [4.78, 5) is 14.3. The summed E-state index contributed by atoms with van der Waals surface area (Å²) in [6, 6.07) is 8.42. The van der Waals surface area contributed by atoms with Crippen molar-refractivity contribution in [2.45, 2.75) is 57.2 Å². The topological polar surface area (TPSA) is 55.6 Å². The SMILES string of the molecule is CC(C)c1ccc(C2C(N)CC(=O)N2CC2CCCO2)cc1. The molecule has 4 heteroatoms. The van der Waals surface area contributed by atoms with Crippen molar-refractivity contribution in [3.8, 4) is 0 Å². The van der Waals surface area contributed by atoms with Gasteiger partial charge in [-0.15, -0.1) is 0 Å². The Morgan fingerprint density at radius 3 is 2.64 bits per heavy atom. The summed E-state index contributed by atoms with van der Waals surface area (Å²) in [5.74, 6) is 0.664. The Balaban J connectivity index is 1.80. The second kappa shape index (κ2) is 6.39. The van der Waals surface area contributed by atoms with E-state index in [9.17, 15) is 4.79 Å². The van der Waals surface area contributed by atoms with Crippen molar-refractivity contribution in [1.82, 2.24) is 4.90 Å². The molecule has 3 atom stereocenters. The van der Waals surface area contributed by atoms with E-state index < -0.39 is 0 Å². The van der Waals surface area contributed by atoms with Gasteiger partial charge in [0.1, 0.15) is 0 Å². The van der Waals surface area contributed by atoms with E-state index >= 15 is 0 Å². The second-order valence-electron chi connectivity index (χ2n) is 6.82.